The number of carbonyl (C=O) groups is 1. The van der Waals surface area contributed by atoms with Crippen LogP contribution in [0.15, 0.2) is 16.9 Å². The topological polar surface area (TPSA) is 79.7 Å². The van der Waals surface area contributed by atoms with Crippen molar-refractivity contribution in [1.29, 1.82) is 0 Å². The van der Waals surface area contributed by atoms with Crippen LogP contribution in [0.3, 0.4) is 0 Å². The van der Waals surface area contributed by atoms with Crippen LogP contribution in [0.25, 0.3) is 5.65 Å². The summed E-state index contributed by atoms with van der Waals surface area (Å²) in [5.41, 5.74) is 1.78. The van der Waals surface area contributed by atoms with Crippen LogP contribution < -0.4 is 5.56 Å². The molecular weight excluding hydrogens is 332 g/mol. The number of aromatic amines is 1. The number of hydrogen-bond donors (Lipinski definition) is 1. The van der Waals surface area contributed by atoms with Crippen molar-refractivity contribution in [3.05, 3.63) is 33.9 Å². The smallest absolute Gasteiger partial charge is 0.410 e. The van der Waals surface area contributed by atoms with Gasteiger partial charge in [0, 0.05) is 24.4 Å². The Morgan fingerprint density at radius 2 is 2.00 bits per heavy atom. The molecule has 26 heavy (non-hydrogen) atoms. The second kappa shape index (κ2) is 6.14. The minimum Gasteiger partial charge on any atom is -0.444 e. The molecule has 1 aliphatic heterocycles. The van der Waals surface area contributed by atoms with Crippen LogP contribution in [0.5, 0.6) is 0 Å². The van der Waals surface area contributed by atoms with Crippen LogP contribution in [0.2, 0.25) is 0 Å². The lowest BCUT2D eigenvalue weighted by Crippen LogP contribution is -2.42. The lowest BCUT2D eigenvalue weighted by Gasteiger charge is -2.35. The molecular formula is C19H26N4O3. The first-order chi connectivity index (χ1) is 12.3. The minimum absolute atomic E-state index is 0.119. The maximum atomic E-state index is 12.6. The SMILES string of the molecule is CC(C)(C)OC(=O)N1CCCCC1c1cc2[nH]c(C3CC3)cc(=O)n2n1. The highest BCUT2D eigenvalue weighted by Crippen LogP contribution is 2.38. The van der Waals surface area contributed by atoms with Gasteiger partial charge in [-0.05, 0) is 58.8 Å². The van der Waals surface area contributed by atoms with Gasteiger partial charge in [0.15, 0.2) is 0 Å². The van der Waals surface area contributed by atoms with Gasteiger partial charge in [-0.15, -0.1) is 0 Å². The number of nitrogens with one attached hydrogen (secondary N) is 1. The molecule has 140 valence electrons. The van der Waals surface area contributed by atoms with Gasteiger partial charge in [0.1, 0.15) is 11.2 Å². The van der Waals surface area contributed by atoms with E-state index in [2.05, 4.69) is 10.1 Å². The summed E-state index contributed by atoms with van der Waals surface area (Å²) in [5.74, 6) is 0.471. The summed E-state index contributed by atoms with van der Waals surface area (Å²) < 4.78 is 6.97. The van der Waals surface area contributed by atoms with Crippen LogP contribution in [0, 0.1) is 0 Å². The molecule has 2 aliphatic rings. The molecule has 0 spiro atoms. The Balaban J connectivity index is 1.66. The third kappa shape index (κ3) is 3.34. The number of rotatable bonds is 2. The fourth-order valence-electron chi connectivity index (χ4n) is 3.59. The molecule has 7 nitrogen and oxygen atoms in total. The summed E-state index contributed by atoms with van der Waals surface area (Å²) in [6.07, 6.45) is 4.74. The van der Waals surface area contributed by atoms with Crippen molar-refractivity contribution in [1.82, 2.24) is 19.5 Å². The largest absolute Gasteiger partial charge is 0.444 e. The molecule has 2 aromatic rings. The van der Waals surface area contributed by atoms with Gasteiger partial charge < -0.3 is 9.72 Å². The number of carbonyl (C=O) groups excluding carboxylic acids is 1. The molecule has 1 N–H and O–H groups in total. The predicted octanol–water partition coefficient (Wildman–Crippen LogP) is 3.36. The zero-order valence-corrected chi connectivity index (χ0v) is 15.6. The van der Waals surface area contributed by atoms with Crippen molar-refractivity contribution < 1.29 is 9.53 Å². The van der Waals surface area contributed by atoms with Crippen molar-refractivity contribution in [3.63, 3.8) is 0 Å². The average Bonchev–Trinajstić information content (AvgIpc) is 3.32. The summed E-state index contributed by atoms with van der Waals surface area (Å²) in [6.45, 7) is 6.25. The number of nitrogens with zero attached hydrogens (tertiary/aromatic N) is 3. The van der Waals surface area contributed by atoms with E-state index >= 15 is 0 Å². The molecule has 4 rings (SSSR count). The molecule has 1 aliphatic carbocycles. The molecule has 1 saturated carbocycles. The number of piperidine rings is 1. The van der Waals surface area contributed by atoms with Crippen LogP contribution >= 0.6 is 0 Å². The molecule has 0 aromatic carbocycles. The van der Waals surface area contributed by atoms with E-state index in [0.29, 0.717) is 18.1 Å². The molecule has 7 heteroatoms. The van der Waals surface area contributed by atoms with Gasteiger partial charge in [-0.25, -0.2) is 4.79 Å². The van der Waals surface area contributed by atoms with E-state index in [1.807, 2.05) is 26.8 Å². The van der Waals surface area contributed by atoms with Crippen molar-refractivity contribution in [2.24, 2.45) is 0 Å². The first-order valence-corrected chi connectivity index (χ1v) is 9.44. The van der Waals surface area contributed by atoms with Gasteiger partial charge in [0.2, 0.25) is 0 Å². The highest BCUT2D eigenvalue weighted by molar-refractivity contribution is 5.69. The maximum absolute atomic E-state index is 12.6. The standard InChI is InChI=1S/C19H26N4O3/c1-19(2,3)26-18(25)22-9-5-4-6-15(22)14-10-16-20-13(12-7-8-12)11-17(24)23(16)21-14/h10-12,15,20H,4-9H2,1-3H3. The second-order valence-corrected chi connectivity index (χ2v) is 8.39. The van der Waals surface area contributed by atoms with Crippen LogP contribution in [0.4, 0.5) is 4.79 Å². The van der Waals surface area contributed by atoms with Crippen LogP contribution in [-0.2, 0) is 4.74 Å². The van der Waals surface area contributed by atoms with Crippen molar-refractivity contribution in [3.8, 4) is 0 Å². The predicted molar refractivity (Wildman–Crippen MR) is 97.3 cm³/mol. The molecule has 0 radical (unpaired) electrons. The maximum Gasteiger partial charge on any atom is 0.410 e. The van der Waals surface area contributed by atoms with Crippen molar-refractivity contribution in [2.45, 2.75) is 70.4 Å². The van der Waals surface area contributed by atoms with E-state index in [1.54, 1.807) is 11.0 Å². The van der Waals surface area contributed by atoms with Crippen LogP contribution in [0.1, 0.15) is 76.2 Å². The Bertz CT molecular complexity index is 888. The zero-order valence-electron chi connectivity index (χ0n) is 15.6. The third-order valence-electron chi connectivity index (χ3n) is 4.98. The van der Waals surface area contributed by atoms with Crippen molar-refractivity contribution in [2.75, 3.05) is 6.54 Å². The van der Waals surface area contributed by atoms with Crippen molar-refractivity contribution >= 4 is 11.7 Å². The van der Waals surface area contributed by atoms with Gasteiger partial charge in [-0.3, -0.25) is 9.69 Å². The van der Waals surface area contributed by atoms with Gasteiger partial charge in [-0.1, -0.05) is 0 Å². The molecule has 1 atom stereocenters. The number of H-pyrrole nitrogens is 1. The monoisotopic (exact) mass is 358 g/mol. The zero-order chi connectivity index (χ0) is 18.5. The summed E-state index contributed by atoms with van der Waals surface area (Å²) in [7, 11) is 0. The average molecular weight is 358 g/mol. The number of likely N-dealkylation sites (tertiary alicyclic amines) is 1. The van der Waals surface area contributed by atoms with E-state index < -0.39 is 5.60 Å². The number of aromatic nitrogens is 3. The van der Waals surface area contributed by atoms with Gasteiger partial charge in [0.25, 0.3) is 5.56 Å². The quantitative estimate of drug-likeness (QED) is 0.893. The Labute approximate surface area is 152 Å². The Kier molecular flexibility index (Phi) is 4.04. The normalized spacial score (nSPS) is 21.2. The highest BCUT2D eigenvalue weighted by Gasteiger charge is 2.33. The molecule has 1 saturated heterocycles. The Hall–Kier alpha value is -2.31. The van der Waals surface area contributed by atoms with E-state index in [0.717, 1.165) is 43.5 Å². The summed E-state index contributed by atoms with van der Waals surface area (Å²) in [4.78, 5) is 30.1. The minimum atomic E-state index is -0.535. The number of amides is 1. The fourth-order valence-corrected chi connectivity index (χ4v) is 3.59. The molecule has 1 amide bonds. The number of hydrogen-bond acceptors (Lipinski definition) is 4. The second-order valence-electron chi connectivity index (χ2n) is 8.39. The van der Waals surface area contributed by atoms with E-state index in [4.69, 9.17) is 4.74 Å². The molecule has 1 unspecified atom stereocenters. The summed E-state index contributed by atoms with van der Waals surface area (Å²) >= 11 is 0. The molecule has 2 aromatic heterocycles. The summed E-state index contributed by atoms with van der Waals surface area (Å²) in [5, 5.41) is 4.51. The Morgan fingerprint density at radius 1 is 1.23 bits per heavy atom. The van der Waals surface area contributed by atoms with Gasteiger partial charge in [-0.2, -0.15) is 9.61 Å². The third-order valence-corrected chi connectivity index (χ3v) is 4.98. The highest BCUT2D eigenvalue weighted by atomic mass is 16.6. The number of fused-ring (bicyclic) bond motifs is 1. The van der Waals surface area contributed by atoms with E-state index in [-0.39, 0.29) is 17.7 Å². The fraction of sp³-hybridized carbons (Fsp3) is 0.632. The van der Waals surface area contributed by atoms with Gasteiger partial charge in [0.05, 0.1) is 11.7 Å². The lowest BCUT2D eigenvalue weighted by atomic mass is 10.00. The van der Waals surface area contributed by atoms with Gasteiger partial charge >= 0.3 is 6.09 Å². The Morgan fingerprint density at radius 3 is 2.69 bits per heavy atom. The number of ether oxygens (including phenoxy) is 1. The first kappa shape index (κ1) is 17.1. The molecule has 0 bridgehead atoms. The first-order valence-electron chi connectivity index (χ1n) is 9.44. The summed E-state index contributed by atoms with van der Waals surface area (Å²) in [6, 6.07) is 3.39. The van der Waals surface area contributed by atoms with E-state index in [1.165, 1.54) is 4.52 Å². The molecule has 2 fully saturated rings. The van der Waals surface area contributed by atoms with E-state index in [9.17, 15) is 9.59 Å². The molecule has 3 heterocycles. The lowest BCUT2D eigenvalue weighted by molar-refractivity contribution is 0.00897. The van der Waals surface area contributed by atoms with Crippen LogP contribution in [-0.4, -0.2) is 37.7 Å².